The van der Waals surface area contributed by atoms with E-state index in [1.54, 1.807) is 13.8 Å². The molecule has 1 aromatic carbocycles. The van der Waals surface area contributed by atoms with Gasteiger partial charge in [0.2, 0.25) is 0 Å². The number of rotatable bonds is 14. The highest BCUT2D eigenvalue weighted by Gasteiger charge is 2.22. The minimum atomic E-state index is -3.09. The lowest BCUT2D eigenvalue weighted by molar-refractivity contribution is 0.219. The number of nitrogens with one attached hydrogen (secondary N) is 1. The van der Waals surface area contributed by atoms with Crippen LogP contribution < -0.4 is 11.2 Å². The molecule has 0 aliphatic carbocycles. The highest BCUT2D eigenvalue weighted by atomic mass is 79.9. The number of H-pyrrole nitrogens is 1. The Hall–Kier alpha value is -2.44. The standard InChI is InChI=1S/C25H32BrN4O5P/c1-4-16-30-24(31)22-23(28-21(27-22)15-14-19-12-8-9-13-20(19)26)29(25(30)32)17-10-7-11-18-36(33,34-5-2)35-6-3/h1,8-9,12-13H,5-7,10-11,14-18H2,2-3H3,(H,27,28). The number of hydrogen-bond donors (Lipinski definition) is 1. The van der Waals surface area contributed by atoms with Gasteiger partial charge in [0, 0.05) is 17.4 Å². The van der Waals surface area contributed by atoms with Gasteiger partial charge in [0.05, 0.1) is 25.9 Å². The van der Waals surface area contributed by atoms with Crippen LogP contribution in [-0.4, -0.2) is 38.5 Å². The molecule has 36 heavy (non-hydrogen) atoms. The summed E-state index contributed by atoms with van der Waals surface area (Å²) in [6.45, 7) is 4.44. The molecule has 3 rings (SSSR count). The Morgan fingerprint density at radius 2 is 1.81 bits per heavy atom. The van der Waals surface area contributed by atoms with Gasteiger partial charge in [-0.05, 0) is 44.7 Å². The number of aromatic nitrogens is 4. The molecule has 0 spiro atoms. The second kappa shape index (κ2) is 13.2. The van der Waals surface area contributed by atoms with E-state index in [9.17, 15) is 14.2 Å². The van der Waals surface area contributed by atoms with E-state index in [1.807, 2.05) is 24.3 Å². The maximum absolute atomic E-state index is 13.1. The van der Waals surface area contributed by atoms with Crippen LogP contribution in [0.25, 0.3) is 11.2 Å². The fourth-order valence-corrected chi connectivity index (χ4v) is 6.24. The zero-order valence-electron chi connectivity index (χ0n) is 20.7. The van der Waals surface area contributed by atoms with Gasteiger partial charge in [0.1, 0.15) is 11.3 Å². The monoisotopic (exact) mass is 578 g/mol. The lowest BCUT2D eigenvalue weighted by Crippen LogP contribution is -2.40. The number of hydrogen-bond acceptors (Lipinski definition) is 6. The molecule has 0 unspecified atom stereocenters. The molecule has 0 radical (unpaired) electrons. The third-order valence-electron chi connectivity index (χ3n) is 5.71. The van der Waals surface area contributed by atoms with Crippen LogP contribution in [0.4, 0.5) is 0 Å². The number of aromatic amines is 1. The maximum atomic E-state index is 13.1. The Morgan fingerprint density at radius 1 is 1.08 bits per heavy atom. The number of nitrogens with zero attached hydrogens (tertiary/aromatic N) is 3. The van der Waals surface area contributed by atoms with Crippen molar-refractivity contribution in [1.29, 1.82) is 0 Å². The molecule has 3 aromatic rings. The molecular weight excluding hydrogens is 547 g/mol. The Kier molecular flexibility index (Phi) is 10.3. The van der Waals surface area contributed by atoms with Crippen molar-refractivity contribution in [2.45, 2.75) is 59.0 Å². The molecule has 194 valence electrons. The predicted molar refractivity (Wildman–Crippen MR) is 145 cm³/mol. The summed E-state index contributed by atoms with van der Waals surface area (Å²) in [5, 5.41) is 0. The number of fused-ring (bicyclic) bond motifs is 1. The van der Waals surface area contributed by atoms with Crippen molar-refractivity contribution in [3.8, 4) is 12.3 Å². The first-order valence-corrected chi connectivity index (χ1v) is 14.6. The van der Waals surface area contributed by atoms with Crippen molar-refractivity contribution in [2.24, 2.45) is 0 Å². The van der Waals surface area contributed by atoms with E-state index in [0.29, 0.717) is 69.5 Å². The van der Waals surface area contributed by atoms with Gasteiger partial charge in [-0.2, -0.15) is 0 Å². The number of unbranched alkanes of at least 4 members (excludes halogenated alkanes) is 2. The summed E-state index contributed by atoms with van der Waals surface area (Å²) in [6.07, 6.45) is 8.97. The van der Waals surface area contributed by atoms with E-state index in [-0.39, 0.29) is 12.1 Å². The summed E-state index contributed by atoms with van der Waals surface area (Å²) in [4.78, 5) is 33.8. The van der Waals surface area contributed by atoms with Crippen LogP contribution in [0.5, 0.6) is 0 Å². The molecule has 0 amide bonds. The third kappa shape index (κ3) is 6.86. The molecule has 2 heterocycles. The second-order valence-electron chi connectivity index (χ2n) is 8.23. The fourth-order valence-electron chi connectivity index (χ4n) is 4.03. The summed E-state index contributed by atoms with van der Waals surface area (Å²) < 4.78 is 26.9. The Labute approximate surface area is 218 Å². The molecular formula is C25H32BrN4O5P. The van der Waals surface area contributed by atoms with Crippen LogP contribution in [0.2, 0.25) is 0 Å². The molecule has 0 aliphatic heterocycles. The molecule has 1 N–H and O–H groups in total. The van der Waals surface area contributed by atoms with Crippen LogP contribution >= 0.6 is 23.5 Å². The number of terminal acetylenes is 1. The van der Waals surface area contributed by atoms with Crippen LogP contribution in [0.3, 0.4) is 0 Å². The van der Waals surface area contributed by atoms with Gasteiger partial charge in [-0.15, -0.1) is 6.42 Å². The SMILES string of the molecule is C#CCn1c(=O)c2[nH]c(CCc3ccccc3Br)nc2n(CCCCCP(=O)(OCC)OCC)c1=O. The van der Waals surface area contributed by atoms with Gasteiger partial charge in [-0.25, -0.2) is 14.3 Å². The number of aryl methyl sites for hydroxylation is 3. The van der Waals surface area contributed by atoms with Gasteiger partial charge in [0.15, 0.2) is 5.65 Å². The third-order valence-corrected chi connectivity index (χ3v) is 8.65. The molecule has 9 nitrogen and oxygen atoms in total. The molecule has 2 aromatic heterocycles. The van der Waals surface area contributed by atoms with E-state index < -0.39 is 18.8 Å². The molecule has 0 aliphatic rings. The van der Waals surface area contributed by atoms with Gasteiger partial charge < -0.3 is 14.0 Å². The van der Waals surface area contributed by atoms with Crippen molar-refractivity contribution in [3.63, 3.8) is 0 Å². The first-order chi connectivity index (χ1) is 17.3. The van der Waals surface area contributed by atoms with E-state index in [4.69, 9.17) is 15.5 Å². The molecule has 11 heteroatoms. The van der Waals surface area contributed by atoms with Gasteiger partial charge in [0.25, 0.3) is 5.56 Å². The van der Waals surface area contributed by atoms with Crippen LogP contribution in [0.15, 0.2) is 38.3 Å². The normalized spacial score (nSPS) is 11.7. The first-order valence-electron chi connectivity index (χ1n) is 12.1. The molecule has 0 bridgehead atoms. The lowest BCUT2D eigenvalue weighted by atomic mass is 10.1. The zero-order valence-corrected chi connectivity index (χ0v) is 23.1. The van der Waals surface area contributed by atoms with Crippen LogP contribution in [-0.2, 0) is 39.5 Å². The van der Waals surface area contributed by atoms with Crippen LogP contribution in [0.1, 0.15) is 44.5 Å². The highest BCUT2D eigenvalue weighted by Crippen LogP contribution is 2.48. The van der Waals surface area contributed by atoms with Crippen molar-refractivity contribution in [2.75, 3.05) is 19.4 Å². The first kappa shape index (κ1) is 28.1. The van der Waals surface area contributed by atoms with Gasteiger partial charge in [-0.3, -0.25) is 13.9 Å². The van der Waals surface area contributed by atoms with E-state index in [0.717, 1.165) is 14.6 Å². The largest absolute Gasteiger partial charge is 0.336 e. The van der Waals surface area contributed by atoms with E-state index >= 15 is 0 Å². The average Bonchev–Trinajstić information content (AvgIpc) is 3.27. The predicted octanol–water partition coefficient (Wildman–Crippen LogP) is 4.50. The van der Waals surface area contributed by atoms with Gasteiger partial charge in [-0.1, -0.05) is 46.5 Å². The minimum Gasteiger partial charge on any atom is -0.336 e. The summed E-state index contributed by atoms with van der Waals surface area (Å²) in [5.41, 5.74) is 0.761. The smallest absolute Gasteiger partial charge is 0.333 e. The lowest BCUT2D eigenvalue weighted by Gasteiger charge is -2.16. The van der Waals surface area contributed by atoms with E-state index in [2.05, 4.69) is 31.8 Å². The van der Waals surface area contributed by atoms with Crippen molar-refractivity contribution in [3.05, 3.63) is 61.0 Å². The summed E-state index contributed by atoms with van der Waals surface area (Å²) in [5.74, 6) is 3.01. The molecule has 0 fully saturated rings. The Bertz CT molecular complexity index is 1380. The minimum absolute atomic E-state index is 0.120. The van der Waals surface area contributed by atoms with Crippen molar-refractivity contribution >= 4 is 34.7 Å². The van der Waals surface area contributed by atoms with E-state index in [1.165, 1.54) is 4.57 Å². The number of imidazole rings is 1. The van der Waals surface area contributed by atoms with Crippen molar-refractivity contribution in [1.82, 2.24) is 19.1 Å². The maximum Gasteiger partial charge on any atom is 0.333 e. The second-order valence-corrected chi connectivity index (χ2v) is 11.3. The average molecular weight is 579 g/mol. The van der Waals surface area contributed by atoms with Gasteiger partial charge >= 0.3 is 13.3 Å². The summed E-state index contributed by atoms with van der Waals surface area (Å²) in [7, 11) is -3.09. The van der Waals surface area contributed by atoms with Crippen LogP contribution in [0, 0.1) is 12.3 Å². The Morgan fingerprint density at radius 3 is 2.47 bits per heavy atom. The summed E-state index contributed by atoms with van der Waals surface area (Å²) >= 11 is 3.55. The topological polar surface area (TPSA) is 108 Å². The Balaban J connectivity index is 1.79. The zero-order chi connectivity index (χ0) is 26.1. The number of halogens is 1. The fraction of sp³-hybridized carbons (Fsp3) is 0.480. The quantitative estimate of drug-likeness (QED) is 0.171. The summed E-state index contributed by atoms with van der Waals surface area (Å²) in [6, 6.07) is 7.93. The highest BCUT2D eigenvalue weighted by molar-refractivity contribution is 9.10. The molecule has 0 saturated heterocycles. The molecule has 0 saturated carbocycles. The number of benzene rings is 1. The van der Waals surface area contributed by atoms with Crippen molar-refractivity contribution < 1.29 is 13.6 Å². The molecule has 0 atom stereocenters.